The minimum Gasteiger partial charge on any atom is -0.354 e. The predicted molar refractivity (Wildman–Crippen MR) is 97.9 cm³/mol. The van der Waals surface area contributed by atoms with Crippen LogP contribution in [-0.4, -0.2) is 22.6 Å². The Labute approximate surface area is 140 Å². The van der Waals surface area contributed by atoms with Crippen molar-refractivity contribution in [3.63, 3.8) is 0 Å². The van der Waals surface area contributed by atoms with E-state index in [0.717, 1.165) is 43.4 Å². The molecule has 0 saturated carbocycles. The maximum atomic E-state index is 4.73. The highest BCUT2D eigenvalue weighted by Crippen LogP contribution is 2.20. The first-order valence-corrected chi connectivity index (χ1v) is 8.50. The average molecular weight is 312 g/mol. The van der Waals surface area contributed by atoms with Crippen molar-refractivity contribution in [2.45, 2.75) is 53.1 Å². The number of benzene rings is 1. The lowest BCUT2D eigenvalue weighted by atomic mass is 10.2. The summed E-state index contributed by atoms with van der Waals surface area (Å²) in [5.41, 5.74) is 2.28. The zero-order valence-electron chi connectivity index (χ0n) is 14.7. The summed E-state index contributed by atoms with van der Waals surface area (Å²) in [6, 6.07) is 13.0. The maximum Gasteiger partial charge on any atom is 0.224 e. The van der Waals surface area contributed by atoms with Crippen molar-refractivity contribution in [2.75, 3.05) is 16.8 Å². The summed E-state index contributed by atoms with van der Waals surface area (Å²) < 4.78 is 0. The van der Waals surface area contributed by atoms with Gasteiger partial charge in [-0.25, -0.2) is 4.98 Å². The van der Waals surface area contributed by atoms with Crippen molar-refractivity contribution in [3.05, 3.63) is 47.7 Å². The van der Waals surface area contributed by atoms with Crippen molar-refractivity contribution in [3.8, 4) is 0 Å². The highest BCUT2D eigenvalue weighted by Gasteiger charge is 2.14. The molecule has 0 aliphatic carbocycles. The second kappa shape index (κ2) is 8.51. The lowest BCUT2D eigenvalue weighted by molar-refractivity contribution is 0.670. The predicted octanol–water partition coefficient (Wildman–Crippen LogP) is 4.41. The summed E-state index contributed by atoms with van der Waals surface area (Å²) in [6.45, 7) is 10.4. The maximum absolute atomic E-state index is 4.73. The average Bonchev–Trinajstić information content (AvgIpc) is 2.53. The Hall–Kier alpha value is -2.10. The van der Waals surface area contributed by atoms with Gasteiger partial charge in [-0.3, -0.25) is 0 Å². The Morgan fingerprint density at radius 1 is 1.13 bits per heavy atom. The fourth-order valence-electron chi connectivity index (χ4n) is 2.46. The van der Waals surface area contributed by atoms with E-state index >= 15 is 0 Å². The van der Waals surface area contributed by atoms with Crippen molar-refractivity contribution < 1.29 is 0 Å². The van der Waals surface area contributed by atoms with Gasteiger partial charge in [-0.15, -0.1) is 0 Å². The standard InChI is InChI=1S/C19H28N4/c1-5-6-12-20-19-21-16(4)13-18(22-19)23(15(2)3)14-17-10-8-7-9-11-17/h7-11,13,15H,5-6,12,14H2,1-4H3,(H,20,21,22). The Balaban J connectivity index is 2.21. The van der Waals surface area contributed by atoms with Crippen LogP contribution in [0.3, 0.4) is 0 Å². The molecule has 1 aromatic carbocycles. The smallest absolute Gasteiger partial charge is 0.224 e. The molecule has 0 radical (unpaired) electrons. The van der Waals surface area contributed by atoms with Gasteiger partial charge in [0.2, 0.25) is 5.95 Å². The zero-order chi connectivity index (χ0) is 16.7. The summed E-state index contributed by atoms with van der Waals surface area (Å²) in [5, 5.41) is 3.34. The number of rotatable bonds is 8. The van der Waals surface area contributed by atoms with Crippen molar-refractivity contribution in [2.24, 2.45) is 0 Å². The molecule has 2 rings (SSSR count). The van der Waals surface area contributed by atoms with Gasteiger partial charge in [-0.2, -0.15) is 4.98 Å². The molecule has 0 aliphatic heterocycles. The molecular weight excluding hydrogens is 284 g/mol. The second-order valence-corrected chi connectivity index (χ2v) is 6.18. The van der Waals surface area contributed by atoms with E-state index in [9.17, 15) is 0 Å². The van der Waals surface area contributed by atoms with E-state index in [2.05, 4.69) is 66.3 Å². The van der Waals surface area contributed by atoms with E-state index in [-0.39, 0.29) is 0 Å². The van der Waals surface area contributed by atoms with Crippen LogP contribution in [0.25, 0.3) is 0 Å². The van der Waals surface area contributed by atoms with Crippen LogP contribution in [-0.2, 0) is 6.54 Å². The largest absolute Gasteiger partial charge is 0.354 e. The third-order valence-electron chi connectivity index (χ3n) is 3.77. The van der Waals surface area contributed by atoms with Crippen LogP contribution < -0.4 is 10.2 Å². The summed E-state index contributed by atoms with van der Waals surface area (Å²) in [4.78, 5) is 11.5. The Morgan fingerprint density at radius 2 is 1.87 bits per heavy atom. The van der Waals surface area contributed by atoms with Gasteiger partial charge >= 0.3 is 0 Å². The molecule has 1 heterocycles. The molecule has 2 aromatic rings. The van der Waals surface area contributed by atoms with E-state index in [1.165, 1.54) is 5.56 Å². The number of hydrogen-bond donors (Lipinski definition) is 1. The third-order valence-corrected chi connectivity index (χ3v) is 3.77. The van der Waals surface area contributed by atoms with Gasteiger partial charge < -0.3 is 10.2 Å². The zero-order valence-corrected chi connectivity index (χ0v) is 14.7. The van der Waals surface area contributed by atoms with Gasteiger partial charge in [0, 0.05) is 30.9 Å². The first kappa shape index (κ1) is 17.3. The highest BCUT2D eigenvalue weighted by atomic mass is 15.2. The molecule has 0 aliphatic rings. The molecule has 0 bridgehead atoms. The number of nitrogens with zero attached hydrogens (tertiary/aromatic N) is 3. The number of anilines is 2. The summed E-state index contributed by atoms with van der Waals surface area (Å²) in [7, 11) is 0. The van der Waals surface area contributed by atoms with Gasteiger partial charge in [0.05, 0.1) is 0 Å². The van der Waals surface area contributed by atoms with Crippen LogP contribution in [0.1, 0.15) is 44.9 Å². The highest BCUT2D eigenvalue weighted by molar-refractivity contribution is 5.46. The molecule has 0 spiro atoms. The molecule has 0 atom stereocenters. The van der Waals surface area contributed by atoms with Gasteiger partial charge in [0.25, 0.3) is 0 Å². The Kier molecular flexibility index (Phi) is 6.39. The van der Waals surface area contributed by atoms with Crippen LogP contribution in [0.4, 0.5) is 11.8 Å². The number of aromatic nitrogens is 2. The van der Waals surface area contributed by atoms with E-state index in [1.54, 1.807) is 0 Å². The van der Waals surface area contributed by atoms with Crippen molar-refractivity contribution in [1.29, 1.82) is 0 Å². The molecule has 4 nitrogen and oxygen atoms in total. The van der Waals surface area contributed by atoms with E-state index in [4.69, 9.17) is 4.98 Å². The van der Waals surface area contributed by atoms with Gasteiger partial charge in [-0.05, 0) is 32.8 Å². The first-order valence-electron chi connectivity index (χ1n) is 8.50. The van der Waals surface area contributed by atoms with E-state index in [0.29, 0.717) is 6.04 Å². The van der Waals surface area contributed by atoms with Crippen LogP contribution in [0, 0.1) is 6.92 Å². The molecule has 4 heteroatoms. The van der Waals surface area contributed by atoms with E-state index in [1.807, 2.05) is 13.0 Å². The van der Waals surface area contributed by atoms with Gasteiger partial charge in [-0.1, -0.05) is 43.7 Å². The quantitative estimate of drug-likeness (QED) is 0.733. The van der Waals surface area contributed by atoms with Crippen LogP contribution in [0.15, 0.2) is 36.4 Å². The van der Waals surface area contributed by atoms with Crippen molar-refractivity contribution >= 4 is 11.8 Å². The van der Waals surface area contributed by atoms with Crippen molar-refractivity contribution in [1.82, 2.24) is 9.97 Å². The van der Waals surface area contributed by atoms with Gasteiger partial charge in [0.15, 0.2) is 0 Å². The molecule has 1 N–H and O–H groups in total. The Bertz CT molecular complexity index is 596. The summed E-state index contributed by atoms with van der Waals surface area (Å²) in [6.07, 6.45) is 2.29. The second-order valence-electron chi connectivity index (χ2n) is 6.18. The molecule has 1 aromatic heterocycles. The molecule has 0 saturated heterocycles. The van der Waals surface area contributed by atoms with Crippen LogP contribution >= 0.6 is 0 Å². The van der Waals surface area contributed by atoms with Crippen LogP contribution in [0.2, 0.25) is 0 Å². The lowest BCUT2D eigenvalue weighted by Crippen LogP contribution is -2.31. The van der Waals surface area contributed by atoms with Gasteiger partial charge in [0.1, 0.15) is 5.82 Å². The molecule has 23 heavy (non-hydrogen) atoms. The number of unbranched alkanes of at least 4 members (excludes halogenated alkanes) is 1. The minimum atomic E-state index is 0.369. The summed E-state index contributed by atoms with van der Waals surface area (Å²) in [5.74, 6) is 1.71. The SMILES string of the molecule is CCCCNc1nc(C)cc(N(Cc2ccccc2)C(C)C)n1. The Morgan fingerprint density at radius 3 is 2.52 bits per heavy atom. The number of hydrogen-bond acceptors (Lipinski definition) is 4. The molecule has 0 fully saturated rings. The van der Waals surface area contributed by atoms with Crippen LogP contribution in [0.5, 0.6) is 0 Å². The number of aryl methyl sites for hydroxylation is 1. The summed E-state index contributed by atoms with van der Waals surface area (Å²) >= 11 is 0. The lowest BCUT2D eigenvalue weighted by Gasteiger charge is -2.28. The monoisotopic (exact) mass is 312 g/mol. The number of nitrogens with one attached hydrogen (secondary N) is 1. The fraction of sp³-hybridized carbons (Fsp3) is 0.474. The molecular formula is C19H28N4. The third kappa shape index (κ3) is 5.23. The first-order chi connectivity index (χ1) is 11.1. The molecule has 0 unspecified atom stereocenters. The topological polar surface area (TPSA) is 41.1 Å². The normalized spacial score (nSPS) is 10.8. The van der Waals surface area contributed by atoms with E-state index < -0.39 is 0 Å². The molecule has 0 amide bonds. The fourth-order valence-corrected chi connectivity index (χ4v) is 2.46. The molecule has 124 valence electrons. The minimum absolute atomic E-state index is 0.369.